The lowest BCUT2D eigenvalue weighted by Gasteiger charge is -2.30. The number of amidine groups is 1. The molecule has 1 fully saturated rings. The highest BCUT2D eigenvalue weighted by atomic mass is 16.5. The smallest absolute Gasteiger partial charge is 0.153 e. The molecule has 1 heterocycles. The van der Waals surface area contributed by atoms with Crippen LogP contribution < -0.4 is 5.73 Å². The molecular weight excluding hydrogens is 158 g/mol. The quantitative estimate of drug-likeness (QED) is 0.254. The third-order valence-corrected chi connectivity index (χ3v) is 1.84. The number of hydrogen-bond donors (Lipinski definition) is 2. The van der Waals surface area contributed by atoms with Crippen molar-refractivity contribution in [3.05, 3.63) is 0 Å². The number of rotatable bonds is 2. The number of morpholine rings is 1. The Kier molecular flexibility index (Phi) is 3.31. The minimum absolute atomic E-state index is 0.241. The second-order valence-corrected chi connectivity index (χ2v) is 3.01. The molecule has 0 spiro atoms. The summed E-state index contributed by atoms with van der Waals surface area (Å²) in [6, 6.07) is 0. The van der Waals surface area contributed by atoms with Crippen LogP contribution in [0.4, 0.5) is 0 Å². The summed E-state index contributed by atoms with van der Waals surface area (Å²) in [4.78, 5) is 2.10. The number of hydrogen-bond acceptors (Lipinski definition) is 4. The van der Waals surface area contributed by atoms with Crippen LogP contribution in [0.3, 0.4) is 0 Å². The Labute approximate surface area is 71.8 Å². The zero-order valence-electron chi connectivity index (χ0n) is 7.23. The predicted molar refractivity (Wildman–Crippen MR) is 45.3 cm³/mol. The standard InChI is InChI=1S/C7H15N3O2/c1-6-4-10(2-3-12-6)5-7(8)9-11/h6,11H,2-5H2,1H3,(H2,8,9). The average Bonchev–Trinajstić information content (AvgIpc) is 2.04. The zero-order chi connectivity index (χ0) is 8.97. The molecule has 0 aromatic carbocycles. The Hall–Kier alpha value is -0.810. The molecule has 5 nitrogen and oxygen atoms in total. The van der Waals surface area contributed by atoms with Gasteiger partial charge >= 0.3 is 0 Å². The van der Waals surface area contributed by atoms with Gasteiger partial charge in [0, 0.05) is 13.1 Å². The molecule has 1 unspecified atom stereocenters. The van der Waals surface area contributed by atoms with Crippen LogP contribution >= 0.6 is 0 Å². The van der Waals surface area contributed by atoms with Gasteiger partial charge in [0.25, 0.3) is 0 Å². The highest BCUT2D eigenvalue weighted by Crippen LogP contribution is 2.02. The van der Waals surface area contributed by atoms with Gasteiger partial charge in [-0.15, -0.1) is 0 Å². The lowest BCUT2D eigenvalue weighted by atomic mass is 10.3. The van der Waals surface area contributed by atoms with Crippen molar-refractivity contribution in [2.45, 2.75) is 13.0 Å². The van der Waals surface area contributed by atoms with E-state index in [4.69, 9.17) is 15.7 Å². The third kappa shape index (κ3) is 2.67. The van der Waals surface area contributed by atoms with Crippen LogP contribution in [0.15, 0.2) is 5.16 Å². The number of nitrogens with two attached hydrogens (primary N) is 1. The summed E-state index contributed by atoms with van der Waals surface area (Å²) in [7, 11) is 0. The van der Waals surface area contributed by atoms with E-state index in [1.54, 1.807) is 0 Å². The predicted octanol–water partition coefficient (Wildman–Crippen LogP) is -0.546. The van der Waals surface area contributed by atoms with Crippen molar-refractivity contribution >= 4 is 5.84 Å². The first-order chi connectivity index (χ1) is 5.72. The molecule has 0 radical (unpaired) electrons. The van der Waals surface area contributed by atoms with Gasteiger partial charge in [0.2, 0.25) is 0 Å². The van der Waals surface area contributed by atoms with Crippen molar-refractivity contribution in [1.29, 1.82) is 0 Å². The van der Waals surface area contributed by atoms with E-state index in [0.717, 1.165) is 19.7 Å². The van der Waals surface area contributed by atoms with Crippen molar-refractivity contribution in [2.24, 2.45) is 10.9 Å². The first kappa shape index (κ1) is 9.28. The molecule has 0 aromatic rings. The molecule has 0 bridgehead atoms. The molecule has 5 heteroatoms. The molecular formula is C7H15N3O2. The Balaban J connectivity index is 2.32. The summed E-state index contributed by atoms with van der Waals surface area (Å²) in [6.07, 6.45) is 0.241. The molecule has 3 N–H and O–H groups in total. The van der Waals surface area contributed by atoms with Gasteiger partial charge in [0.05, 0.1) is 19.3 Å². The van der Waals surface area contributed by atoms with E-state index in [-0.39, 0.29) is 11.9 Å². The summed E-state index contributed by atoms with van der Waals surface area (Å²) in [5.74, 6) is 0.254. The van der Waals surface area contributed by atoms with Crippen LogP contribution in [0.25, 0.3) is 0 Å². The van der Waals surface area contributed by atoms with Crippen molar-refractivity contribution < 1.29 is 9.94 Å². The Morgan fingerprint density at radius 2 is 2.58 bits per heavy atom. The molecule has 70 valence electrons. The van der Waals surface area contributed by atoms with Gasteiger partial charge in [-0.1, -0.05) is 5.16 Å². The fourth-order valence-electron chi connectivity index (χ4n) is 1.29. The highest BCUT2D eigenvalue weighted by Gasteiger charge is 2.16. The van der Waals surface area contributed by atoms with Crippen LogP contribution in [0.5, 0.6) is 0 Å². The summed E-state index contributed by atoms with van der Waals surface area (Å²) in [6.45, 7) is 4.94. The van der Waals surface area contributed by atoms with Gasteiger partial charge in [-0.2, -0.15) is 0 Å². The molecule has 0 saturated carbocycles. The monoisotopic (exact) mass is 173 g/mol. The average molecular weight is 173 g/mol. The van der Waals surface area contributed by atoms with Gasteiger partial charge in [-0.3, -0.25) is 4.90 Å². The minimum atomic E-state index is 0.241. The van der Waals surface area contributed by atoms with E-state index >= 15 is 0 Å². The number of ether oxygens (including phenoxy) is 1. The fourth-order valence-corrected chi connectivity index (χ4v) is 1.29. The Morgan fingerprint density at radius 3 is 3.17 bits per heavy atom. The number of oxime groups is 1. The van der Waals surface area contributed by atoms with Crippen LogP contribution in [0.2, 0.25) is 0 Å². The van der Waals surface area contributed by atoms with E-state index in [9.17, 15) is 0 Å². The molecule has 0 aliphatic carbocycles. The molecule has 1 saturated heterocycles. The fraction of sp³-hybridized carbons (Fsp3) is 0.857. The second kappa shape index (κ2) is 4.27. The molecule has 0 aromatic heterocycles. The highest BCUT2D eigenvalue weighted by molar-refractivity contribution is 5.81. The van der Waals surface area contributed by atoms with E-state index in [1.165, 1.54) is 0 Å². The summed E-state index contributed by atoms with van der Waals surface area (Å²) >= 11 is 0. The molecule has 1 atom stereocenters. The maximum atomic E-state index is 8.34. The van der Waals surface area contributed by atoms with Crippen molar-refractivity contribution in [2.75, 3.05) is 26.2 Å². The van der Waals surface area contributed by atoms with Gasteiger partial charge in [0.1, 0.15) is 0 Å². The van der Waals surface area contributed by atoms with Gasteiger partial charge in [0.15, 0.2) is 5.84 Å². The zero-order valence-corrected chi connectivity index (χ0v) is 7.23. The van der Waals surface area contributed by atoms with Crippen molar-refractivity contribution in [3.8, 4) is 0 Å². The maximum Gasteiger partial charge on any atom is 0.153 e. The summed E-state index contributed by atoms with van der Waals surface area (Å²) in [5, 5.41) is 11.3. The Bertz CT molecular complexity index is 172. The van der Waals surface area contributed by atoms with Crippen LogP contribution in [0.1, 0.15) is 6.92 Å². The Morgan fingerprint density at radius 1 is 1.83 bits per heavy atom. The van der Waals surface area contributed by atoms with E-state index in [1.807, 2.05) is 6.92 Å². The van der Waals surface area contributed by atoms with Crippen LogP contribution in [-0.2, 0) is 4.74 Å². The van der Waals surface area contributed by atoms with Crippen LogP contribution in [-0.4, -0.2) is 48.3 Å². The largest absolute Gasteiger partial charge is 0.409 e. The van der Waals surface area contributed by atoms with Crippen molar-refractivity contribution in [3.63, 3.8) is 0 Å². The van der Waals surface area contributed by atoms with Gasteiger partial charge in [-0.05, 0) is 6.92 Å². The third-order valence-electron chi connectivity index (χ3n) is 1.84. The first-order valence-corrected chi connectivity index (χ1v) is 4.02. The maximum absolute atomic E-state index is 8.34. The topological polar surface area (TPSA) is 71.1 Å². The van der Waals surface area contributed by atoms with E-state index in [0.29, 0.717) is 6.54 Å². The molecule has 1 rings (SSSR count). The molecule has 1 aliphatic rings. The van der Waals surface area contributed by atoms with Gasteiger partial charge in [-0.25, -0.2) is 0 Å². The van der Waals surface area contributed by atoms with E-state index in [2.05, 4.69) is 10.1 Å². The second-order valence-electron chi connectivity index (χ2n) is 3.01. The minimum Gasteiger partial charge on any atom is -0.409 e. The summed E-state index contributed by atoms with van der Waals surface area (Å²) < 4.78 is 5.34. The SMILES string of the molecule is CC1CN(C/C(N)=N/O)CCO1. The van der Waals surface area contributed by atoms with Crippen molar-refractivity contribution in [1.82, 2.24) is 4.90 Å². The lowest BCUT2D eigenvalue weighted by molar-refractivity contribution is -0.0128. The summed E-state index contributed by atoms with van der Waals surface area (Å²) in [5.41, 5.74) is 5.37. The molecule has 1 aliphatic heterocycles. The molecule has 12 heavy (non-hydrogen) atoms. The van der Waals surface area contributed by atoms with E-state index < -0.39 is 0 Å². The number of nitrogens with zero attached hydrogens (tertiary/aromatic N) is 2. The molecule has 0 amide bonds. The lowest BCUT2D eigenvalue weighted by Crippen LogP contribution is -2.44. The van der Waals surface area contributed by atoms with Gasteiger partial charge < -0.3 is 15.7 Å². The first-order valence-electron chi connectivity index (χ1n) is 4.02. The van der Waals surface area contributed by atoms with Crippen LogP contribution in [0, 0.1) is 0 Å². The normalized spacial score (nSPS) is 27.4.